The van der Waals surface area contributed by atoms with Crippen molar-refractivity contribution >= 4 is 5.97 Å². The Morgan fingerprint density at radius 1 is 1.77 bits per heavy atom. The fraction of sp³-hybridized carbons (Fsp3) is 0.667. The molecular weight excluding hydrogens is 168 g/mol. The molecule has 0 rings (SSSR count). The molecule has 3 N–H and O–H groups in total. The Morgan fingerprint density at radius 2 is 2.31 bits per heavy atom. The Bertz CT molecular complexity index is 185. The van der Waals surface area contributed by atoms with Gasteiger partial charge in [-0.3, -0.25) is 0 Å². The smallest absolute Gasteiger partial charge is 0.348 e. The molecule has 0 radical (unpaired) electrons. The molecule has 0 fully saturated rings. The van der Waals surface area contributed by atoms with Gasteiger partial charge in [0.25, 0.3) is 0 Å². The fourth-order valence-corrected chi connectivity index (χ4v) is 0.543. The standard InChI is InChI=1S/C9H18N2O2/c1-5-8(12)13-11-6-7(2)9(3,4)10/h5,7,11H,1,6,10H2,2-4H3. The zero-order chi connectivity index (χ0) is 10.5. The highest BCUT2D eigenvalue weighted by Crippen LogP contribution is 2.10. The lowest BCUT2D eigenvalue weighted by atomic mass is 9.90. The largest absolute Gasteiger partial charge is 0.367 e. The Hall–Kier alpha value is -0.870. The predicted octanol–water partition coefficient (Wildman–Crippen LogP) is 0.594. The van der Waals surface area contributed by atoms with Crippen LogP contribution in [-0.2, 0) is 9.63 Å². The van der Waals surface area contributed by atoms with Gasteiger partial charge in [-0.15, -0.1) is 0 Å². The number of hydroxylamine groups is 1. The van der Waals surface area contributed by atoms with E-state index in [1.165, 1.54) is 0 Å². The molecule has 4 heteroatoms. The monoisotopic (exact) mass is 186 g/mol. The minimum Gasteiger partial charge on any atom is -0.367 e. The Balaban J connectivity index is 3.65. The first-order chi connectivity index (χ1) is 5.88. The summed E-state index contributed by atoms with van der Waals surface area (Å²) in [6.45, 7) is 9.63. The number of hydrogen-bond donors (Lipinski definition) is 2. The van der Waals surface area contributed by atoms with Crippen LogP contribution < -0.4 is 11.2 Å². The Morgan fingerprint density at radius 3 is 2.69 bits per heavy atom. The minimum absolute atomic E-state index is 0.213. The second-order valence-corrected chi connectivity index (χ2v) is 3.70. The van der Waals surface area contributed by atoms with E-state index in [1.807, 2.05) is 20.8 Å². The van der Waals surface area contributed by atoms with Crippen molar-refractivity contribution in [2.24, 2.45) is 11.7 Å². The minimum atomic E-state index is -0.484. The van der Waals surface area contributed by atoms with Crippen LogP contribution in [0, 0.1) is 5.92 Å². The molecular formula is C9H18N2O2. The van der Waals surface area contributed by atoms with Crippen LogP contribution in [0.2, 0.25) is 0 Å². The lowest BCUT2D eigenvalue weighted by molar-refractivity contribution is -0.145. The number of carbonyl (C=O) groups excluding carboxylic acids is 1. The van der Waals surface area contributed by atoms with Gasteiger partial charge in [-0.05, 0) is 19.8 Å². The van der Waals surface area contributed by atoms with Crippen molar-refractivity contribution in [3.63, 3.8) is 0 Å². The Kier molecular flexibility index (Phi) is 4.66. The van der Waals surface area contributed by atoms with Gasteiger partial charge in [0.05, 0.1) is 0 Å². The van der Waals surface area contributed by atoms with Crippen LogP contribution in [0.15, 0.2) is 12.7 Å². The molecule has 1 atom stereocenters. The third-order valence-corrected chi connectivity index (χ3v) is 2.00. The zero-order valence-electron chi connectivity index (χ0n) is 8.46. The summed E-state index contributed by atoms with van der Waals surface area (Å²) in [6, 6.07) is 0. The van der Waals surface area contributed by atoms with Gasteiger partial charge in [0.1, 0.15) is 0 Å². The molecule has 0 spiro atoms. The van der Waals surface area contributed by atoms with Gasteiger partial charge in [-0.25, -0.2) is 4.79 Å². The molecule has 0 aliphatic rings. The molecule has 1 unspecified atom stereocenters. The van der Waals surface area contributed by atoms with Gasteiger partial charge in [-0.2, -0.15) is 5.48 Å². The maximum atomic E-state index is 10.6. The summed E-state index contributed by atoms with van der Waals surface area (Å²) < 4.78 is 0. The second-order valence-electron chi connectivity index (χ2n) is 3.70. The molecule has 4 nitrogen and oxygen atoms in total. The molecule has 0 saturated heterocycles. The van der Waals surface area contributed by atoms with Crippen LogP contribution in [0.4, 0.5) is 0 Å². The van der Waals surface area contributed by atoms with E-state index in [4.69, 9.17) is 5.73 Å². The van der Waals surface area contributed by atoms with Gasteiger partial charge < -0.3 is 10.6 Å². The molecule has 0 amide bonds. The molecule has 0 saturated carbocycles. The highest BCUT2D eigenvalue weighted by molar-refractivity contribution is 5.80. The van der Waals surface area contributed by atoms with Crippen LogP contribution in [0.5, 0.6) is 0 Å². The maximum Gasteiger partial charge on any atom is 0.348 e. The normalized spacial score (nSPS) is 13.5. The van der Waals surface area contributed by atoms with Crippen LogP contribution in [-0.4, -0.2) is 18.1 Å². The quantitative estimate of drug-likeness (QED) is 0.487. The van der Waals surface area contributed by atoms with Crippen LogP contribution in [0.1, 0.15) is 20.8 Å². The van der Waals surface area contributed by atoms with Gasteiger partial charge in [0.15, 0.2) is 0 Å². The van der Waals surface area contributed by atoms with Crippen molar-refractivity contribution in [3.05, 3.63) is 12.7 Å². The summed E-state index contributed by atoms with van der Waals surface area (Å²) in [5.74, 6) is -0.271. The van der Waals surface area contributed by atoms with E-state index in [2.05, 4.69) is 16.9 Å². The molecule has 76 valence electrons. The van der Waals surface area contributed by atoms with Crippen molar-refractivity contribution in [3.8, 4) is 0 Å². The third kappa shape index (κ3) is 5.38. The van der Waals surface area contributed by atoms with Gasteiger partial charge >= 0.3 is 5.97 Å². The molecule has 0 aromatic rings. The van der Waals surface area contributed by atoms with Crippen LogP contribution in [0.25, 0.3) is 0 Å². The first-order valence-electron chi connectivity index (χ1n) is 4.23. The van der Waals surface area contributed by atoms with E-state index in [0.29, 0.717) is 6.54 Å². The first kappa shape index (κ1) is 12.1. The van der Waals surface area contributed by atoms with E-state index in [-0.39, 0.29) is 11.5 Å². The van der Waals surface area contributed by atoms with Crippen molar-refractivity contribution in [2.75, 3.05) is 6.54 Å². The first-order valence-corrected chi connectivity index (χ1v) is 4.23. The molecule has 13 heavy (non-hydrogen) atoms. The van der Waals surface area contributed by atoms with Gasteiger partial charge in [0, 0.05) is 18.2 Å². The molecule has 0 aromatic heterocycles. The van der Waals surface area contributed by atoms with Crippen molar-refractivity contribution < 1.29 is 9.63 Å². The van der Waals surface area contributed by atoms with Crippen molar-refractivity contribution in [2.45, 2.75) is 26.3 Å². The summed E-state index contributed by atoms with van der Waals surface area (Å²) in [5, 5.41) is 0. The van der Waals surface area contributed by atoms with Crippen LogP contribution >= 0.6 is 0 Å². The molecule has 0 heterocycles. The average Bonchev–Trinajstić information content (AvgIpc) is 2.02. The number of nitrogens with one attached hydrogen (secondary N) is 1. The molecule has 0 aromatic carbocycles. The lowest BCUT2D eigenvalue weighted by Gasteiger charge is -2.26. The van der Waals surface area contributed by atoms with E-state index < -0.39 is 5.97 Å². The van der Waals surface area contributed by atoms with E-state index in [0.717, 1.165) is 6.08 Å². The van der Waals surface area contributed by atoms with E-state index >= 15 is 0 Å². The van der Waals surface area contributed by atoms with Gasteiger partial charge in [0.2, 0.25) is 0 Å². The lowest BCUT2D eigenvalue weighted by Crippen LogP contribution is -2.44. The van der Waals surface area contributed by atoms with Gasteiger partial charge in [-0.1, -0.05) is 13.5 Å². The second kappa shape index (κ2) is 4.99. The van der Waals surface area contributed by atoms with E-state index in [9.17, 15) is 4.79 Å². The van der Waals surface area contributed by atoms with Crippen molar-refractivity contribution in [1.82, 2.24) is 5.48 Å². The molecule has 0 aliphatic heterocycles. The highest BCUT2D eigenvalue weighted by atomic mass is 16.7. The molecule has 0 aliphatic carbocycles. The number of hydrogen-bond acceptors (Lipinski definition) is 4. The summed E-state index contributed by atoms with van der Waals surface area (Å²) in [5.41, 5.74) is 8.09. The Labute approximate surface area is 79.1 Å². The summed E-state index contributed by atoms with van der Waals surface area (Å²) in [7, 11) is 0. The summed E-state index contributed by atoms with van der Waals surface area (Å²) in [4.78, 5) is 15.2. The van der Waals surface area contributed by atoms with Crippen molar-refractivity contribution in [1.29, 1.82) is 0 Å². The molecule has 0 bridgehead atoms. The third-order valence-electron chi connectivity index (χ3n) is 2.00. The predicted molar refractivity (Wildman–Crippen MR) is 51.7 cm³/mol. The number of carbonyl (C=O) groups is 1. The zero-order valence-corrected chi connectivity index (χ0v) is 8.46. The van der Waals surface area contributed by atoms with Crippen LogP contribution in [0.3, 0.4) is 0 Å². The highest BCUT2D eigenvalue weighted by Gasteiger charge is 2.20. The summed E-state index contributed by atoms with van der Waals surface area (Å²) in [6.07, 6.45) is 1.10. The SMILES string of the molecule is C=CC(=O)ONCC(C)C(C)(C)N. The average molecular weight is 186 g/mol. The topological polar surface area (TPSA) is 64.3 Å². The summed E-state index contributed by atoms with van der Waals surface area (Å²) >= 11 is 0. The fourth-order valence-electron chi connectivity index (χ4n) is 0.543. The number of rotatable bonds is 5. The van der Waals surface area contributed by atoms with E-state index in [1.54, 1.807) is 0 Å². The number of nitrogens with two attached hydrogens (primary N) is 1. The maximum absolute atomic E-state index is 10.6.